The van der Waals surface area contributed by atoms with Gasteiger partial charge in [0, 0.05) is 30.6 Å². The Hall–Kier alpha value is -2.64. The smallest absolute Gasteiger partial charge is 0.295 e. The number of rotatable bonds is 8. The number of imidazole rings is 1. The quantitative estimate of drug-likeness (QED) is 0.231. The molecule has 210 valence electrons. The number of methoxy groups -OCH3 is 1. The topological polar surface area (TPSA) is 111 Å². The normalized spacial score (nSPS) is 15.4. The van der Waals surface area contributed by atoms with Crippen molar-refractivity contribution in [2.24, 2.45) is 5.92 Å². The SMILES string of the molecule is CC.COc1cc(C(=O)N2CCOCC2)ccc1Nc1cc(NC(=O)C2CC2)nc2c1nc(C(F)F)n2PI. The number of anilines is 3. The van der Waals surface area contributed by atoms with E-state index in [0.717, 1.165) is 12.8 Å². The maximum atomic E-state index is 13.8. The largest absolute Gasteiger partial charge is 0.495 e. The molecule has 10 nitrogen and oxygen atoms in total. The Bertz CT molecular complexity index is 1350. The van der Waals surface area contributed by atoms with Crippen LogP contribution >= 0.6 is 28.4 Å². The highest BCUT2D eigenvalue weighted by Crippen LogP contribution is 2.40. The molecule has 1 unspecified atom stereocenters. The number of carbonyl (C=O) groups is 2. The van der Waals surface area contributed by atoms with Gasteiger partial charge in [0.2, 0.25) is 5.91 Å². The zero-order chi connectivity index (χ0) is 28.1. The molecule has 2 N–H and O–H groups in total. The molecule has 1 aliphatic heterocycles. The second-order valence-corrected chi connectivity index (χ2v) is 10.7. The molecule has 2 fully saturated rings. The van der Waals surface area contributed by atoms with E-state index in [1.807, 2.05) is 35.9 Å². The maximum absolute atomic E-state index is 13.8. The molecule has 2 aromatic heterocycles. The Labute approximate surface area is 239 Å². The molecule has 3 heterocycles. The molecule has 0 radical (unpaired) electrons. The number of nitrogens with zero attached hydrogens (tertiary/aromatic N) is 4. The van der Waals surface area contributed by atoms with Gasteiger partial charge in [-0.3, -0.25) is 13.9 Å². The van der Waals surface area contributed by atoms with Gasteiger partial charge in [-0.1, -0.05) is 13.8 Å². The van der Waals surface area contributed by atoms with Gasteiger partial charge in [-0.2, -0.15) is 0 Å². The Kier molecular flexibility index (Phi) is 9.89. The van der Waals surface area contributed by atoms with E-state index >= 15 is 0 Å². The molecule has 3 aromatic rings. The third kappa shape index (κ3) is 6.58. The van der Waals surface area contributed by atoms with Crippen LogP contribution in [0.1, 0.15) is 49.3 Å². The standard InChI is InChI=1S/C23H24F2IN6O4P.C2H6/c1-35-16-10-13(23(34)31-6-8-36-9-7-31)4-5-14(16)27-15-11-17(29-22(33)12-2-3-12)28-20-18(15)30-21(19(24)25)32(20)37-26;1-2/h4-5,10-12,19,37H,2-3,6-9H2,1H3,(H2,27,28,29,33);1-2H3. The summed E-state index contributed by atoms with van der Waals surface area (Å²) in [7, 11) is 1.48. The fourth-order valence-corrected chi connectivity index (χ4v) is 5.95. The van der Waals surface area contributed by atoms with E-state index in [1.165, 1.54) is 11.4 Å². The van der Waals surface area contributed by atoms with Crippen LogP contribution in [0.4, 0.5) is 26.0 Å². The van der Waals surface area contributed by atoms with Crippen molar-refractivity contribution in [3.63, 3.8) is 0 Å². The number of nitrogens with one attached hydrogen (secondary N) is 2. The lowest BCUT2D eigenvalue weighted by atomic mass is 10.1. The second-order valence-electron chi connectivity index (χ2n) is 8.63. The molecular formula is C25H30F2IN6O4P. The summed E-state index contributed by atoms with van der Waals surface area (Å²) in [5.41, 5.74) is 1.79. The van der Waals surface area contributed by atoms with Crippen molar-refractivity contribution in [1.82, 2.24) is 19.2 Å². The molecule has 14 heteroatoms. The zero-order valence-corrected chi connectivity index (χ0v) is 24.9. The van der Waals surface area contributed by atoms with Crippen molar-refractivity contribution in [2.75, 3.05) is 44.0 Å². The number of halogens is 3. The van der Waals surface area contributed by atoms with Gasteiger partial charge in [0.1, 0.15) is 17.1 Å². The van der Waals surface area contributed by atoms with Gasteiger partial charge in [-0.05, 0) is 53.1 Å². The van der Waals surface area contributed by atoms with Gasteiger partial charge in [0.25, 0.3) is 12.3 Å². The average Bonchev–Trinajstić information content (AvgIpc) is 3.75. The van der Waals surface area contributed by atoms with Gasteiger partial charge in [0.15, 0.2) is 11.5 Å². The minimum atomic E-state index is -2.80. The number of alkyl halides is 2. The van der Waals surface area contributed by atoms with Crippen LogP contribution < -0.4 is 15.4 Å². The van der Waals surface area contributed by atoms with E-state index in [2.05, 4.69) is 20.6 Å². The molecule has 39 heavy (non-hydrogen) atoms. The first kappa shape index (κ1) is 29.3. The number of amides is 2. The Morgan fingerprint density at radius 3 is 2.49 bits per heavy atom. The van der Waals surface area contributed by atoms with E-state index in [0.29, 0.717) is 49.0 Å². The monoisotopic (exact) mass is 674 g/mol. The first-order valence-electron chi connectivity index (χ1n) is 12.6. The fraction of sp³-hybridized carbons (Fsp3) is 0.440. The first-order valence-corrected chi connectivity index (χ1v) is 16.7. The van der Waals surface area contributed by atoms with Crippen LogP contribution in [0.15, 0.2) is 24.3 Å². The number of ether oxygens (including phenoxy) is 2. The molecule has 0 bridgehead atoms. The molecule has 1 aliphatic carbocycles. The number of aromatic nitrogens is 3. The van der Waals surface area contributed by atoms with Gasteiger partial charge in [-0.25, -0.2) is 18.7 Å². The van der Waals surface area contributed by atoms with Crippen LogP contribution in [-0.4, -0.2) is 64.4 Å². The summed E-state index contributed by atoms with van der Waals surface area (Å²) < 4.78 is 39.7. The highest BCUT2D eigenvalue weighted by Gasteiger charge is 2.30. The summed E-state index contributed by atoms with van der Waals surface area (Å²) in [6, 6.07) is 6.56. The lowest BCUT2D eigenvalue weighted by molar-refractivity contribution is -0.117. The van der Waals surface area contributed by atoms with Crippen molar-refractivity contribution in [3.05, 3.63) is 35.7 Å². The number of benzene rings is 1. The van der Waals surface area contributed by atoms with Crippen molar-refractivity contribution in [1.29, 1.82) is 0 Å². The maximum Gasteiger partial charge on any atom is 0.295 e. The molecule has 2 amide bonds. The van der Waals surface area contributed by atoms with Crippen molar-refractivity contribution in [3.8, 4) is 5.75 Å². The summed E-state index contributed by atoms with van der Waals surface area (Å²) >= 11 is 2.00. The summed E-state index contributed by atoms with van der Waals surface area (Å²) in [6.45, 7) is 6.01. The fourth-order valence-electron chi connectivity index (χ4n) is 4.05. The molecule has 1 saturated carbocycles. The van der Waals surface area contributed by atoms with Crippen molar-refractivity contribution in [2.45, 2.75) is 33.1 Å². The van der Waals surface area contributed by atoms with E-state index in [-0.39, 0.29) is 41.1 Å². The van der Waals surface area contributed by atoms with Crippen LogP contribution in [0.2, 0.25) is 0 Å². The lowest BCUT2D eigenvalue weighted by Crippen LogP contribution is -2.40. The number of morpholine rings is 1. The second kappa shape index (κ2) is 13.1. The van der Waals surface area contributed by atoms with Crippen LogP contribution in [0.5, 0.6) is 5.75 Å². The Morgan fingerprint density at radius 1 is 1.15 bits per heavy atom. The highest BCUT2D eigenvalue weighted by molar-refractivity contribution is 14.2. The van der Waals surface area contributed by atoms with Gasteiger partial charge < -0.3 is 25.0 Å². The number of carbonyl (C=O) groups excluding carboxylic acids is 2. The summed E-state index contributed by atoms with van der Waals surface area (Å²) in [5, 5.41) is 5.98. The predicted molar refractivity (Wildman–Crippen MR) is 156 cm³/mol. The van der Waals surface area contributed by atoms with E-state index in [4.69, 9.17) is 9.47 Å². The first-order chi connectivity index (χ1) is 18.9. The van der Waals surface area contributed by atoms with Crippen molar-refractivity contribution < 1.29 is 27.8 Å². The van der Waals surface area contributed by atoms with Gasteiger partial charge >= 0.3 is 0 Å². The van der Waals surface area contributed by atoms with Crippen molar-refractivity contribution >= 4 is 68.6 Å². The van der Waals surface area contributed by atoms with Crippen LogP contribution in [0, 0.1) is 5.92 Å². The molecule has 1 saturated heterocycles. The number of hydrogen-bond acceptors (Lipinski definition) is 7. The molecule has 1 atom stereocenters. The Morgan fingerprint density at radius 2 is 1.87 bits per heavy atom. The molecule has 1 aromatic carbocycles. The van der Waals surface area contributed by atoms with Gasteiger partial charge in [0.05, 0.1) is 38.1 Å². The zero-order valence-electron chi connectivity index (χ0n) is 21.8. The molecular weight excluding hydrogens is 644 g/mol. The van der Waals surface area contributed by atoms with Crippen LogP contribution in [-0.2, 0) is 9.53 Å². The molecule has 0 spiro atoms. The minimum Gasteiger partial charge on any atom is -0.495 e. The molecule has 5 rings (SSSR count). The molecule has 2 aliphatic rings. The summed E-state index contributed by atoms with van der Waals surface area (Å²) in [6.07, 6.45) is -1.25. The van der Waals surface area contributed by atoms with Crippen LogP contribution in [0.3, 0.4) is 0 Å². The number of fused-ring (bicyclic) bond motifs is 1. The number of pyridine rings is 1. The lowest BCUT2D eigenvalue weighted by Gasteiger charge is -2.27. The number of hydrogen-bond donors (Lipinski definition) is 2. The third-order valence-electron chi connectivity index (χ3n) is 6.14. The third-order valence-corrected chi connectivity index (χ3v) is 8.19. The van der Waals surface area contributed by atoms with Gasteiger partial charge in [-0.15, -0.1) is 0 Å². The van der Waals surface area contributed by atoms with E-state index in [1.54, 1.807) is 29.2 Å². The van der Waals surface area contributed by atoms with Crippen LogP contribution in [0.25, 0.3) is 11.2 Å². The predicted octanol–water partition coefficient (Wildman–Crippen LogP) is 5.76. The Balaban J connectivity index is 0.00000172. The van der Waals surface area contributed by atoms with E-state index < -0.39 is 12.2 Å². The van der Waals surface area contributed by atoms with E-state index in [9.17, 15) is 18.4 Å². The average molecular weight is 674 g/mol. The summed E-state index contributed by atoms with van der Waals surface area (Å²) in [5.74, 6) is -0.120. The minimum absolute atomic E-state index is 0.0569. The summed E-state index contributed by atoms with van der Waals surface area (Å²) in [4.78, 5) is 35.7. The highest BCUT2D eigenvalue weighted by atomic mass is 127.